The molecule has 0 bridgehead atoms. The van der Waals surface area contributed by atoms with Crippen molar-refractivity contribution in [3.63, 3.8) is 0 Å². The molecule has 1 nitrogen and oxygen atoms in total. The summed E-state index contributed by atoms with van der Waals surface area (Å²) in [6.07, 6.45) is 1.79. The van der Waals surface area contributed by atoms with Crippen molar-refractivity contribution < 1.29 is 60.9 Å². The molecule has 0 heterocycles. The smallest absolute Gasteiger partial charge is 0.551 e. The van der Waals surface area contributed by atoms with Gasteiger partial charge >= 0.3 is 51.4 Å². The summed E-state index contributed by atoms with van der Waals surface area (Å²) in [4.78, 5) is 0. The standard InChI is InChI=1S/C12H12FO.K/c1-2-10-11-5-4-9(14)7-8(11)3-6-12(10)13;/h4,7,14H,2-3,6H2,1H3;/q-1;+1. The van der Waals surface area contributed by atoms with E-state index in [2.05, 4.69) is 6.07 Å². The molecule has 1 aliphatic rings. The third-order valence-corrected chi connectivity index (χ3v) is 2.60. The number of aromatic hydroxyl groups is 1. The van der Waals surface area contributed by atoms with Crippen molar-refractivity contribution in [2.24, 2.45) is 0 Å². The zero-order valence-corrected chi connectivity index (χ0v) is 12.2. The first-order chi connectivity index (χ1) is 6.72. The molecule has 0 amide bonds. The molecule has 1 N–H and O–H groups in total. The van der Waals surface area contributed by atoms with Crippen LogP contribution >= 0.6 is 0 Å². The van der Waals surface area contributed by atoms with E-state index in [1.807, 2.05) is 6.92 Å². The number of phenolic OH excluding ortho intramolecular Hbond substituents is 1. The van der Waals surface area contributed by atoms with Gasteiger partial charge in [-0.2, -0.15) is 0 Å². The number of hydrogen-bond donors (Lipinski definition) is 1. The van der Waals surface area contributed by atoms with Crippen LogP contribution in [0.1, 0.15) is 30.9 Å². The fourth-order valence-electron chi connectivity index (χ4n) is 1.91. The van der Waals surface area contributed by atoms with Gasteiger partial charge in [-0.25, -0.2) is 4.39 Å². The Balaban J connectivity index is 0.00000112. The van der Waals surface area contributed by atoms with Crippen molar-refractivity contribution in [1.82, 2.24) is 0 Å². The monoisotopic (exact) mass is 230 g/mol. The summed E-state index contributed by atoms with van der Waals surface area (Å²) in [5, 5.41) is 9.27. The second-order valence-corrected chi connectivity index (χ2v) is 3.50. The Bertz CT molecular complexity index is 399. The molecule has 0 saturated carbocycles. The van der Waals surface area contributed by atoms with Gasteiger partial charge in [0.25, 0.3) is 0 Å². The average Bonchev–Trinajstić information content (AvgIpc) is 2.18. The van der Waals surface area contributed by atoms with Gasteiger partial charge in [-0.1, -0.05) is 25.3 Å². The molecule has 3 heteroatoms. The quantitative estimate of drug-likeness (QED) is 0.541. The largest absolute Gasteiger partial charge is 1.00 e. The number of halogens is 1. The summed E-state index contributed by atoms with van der Waals surface area (Å²) < 4.78 is 13.4. The molecule has 1 aromatic carbocycles. The van der Waals surface area contributed by atoms with Crippen molar-refractivity contribution in [1.29, 1.82) is 0 Å². The van der Waals surface area contributed by atoms with E-state index in [1.54, 1.807) is 6.07 Å². The summed E-state index contributed by atoms with van der Waals surface area (Å²) in [6, 6.07) is 6.14. The minimum absolute atomic E-state index is 0. The first kappa shape index (κ1) is 13.4. The number of rotatable bonds is 1. The summed E-state index contributed by atoms with van der Waals surface area (Å²) in [6.45, 7) is 1.94. The number of allylic oxidation sites excluding steroid dienone is 2. The molecule has 0 atom stereocenters. The van der Waals surface area contributed by atoms with E-state index < -0.39 is 0 Å². The number of phenols is 1. The van der Waals surface area contributed by atoms with Gasteiger partial charge in [0.2, 0.25) is 0 Å². The molecule has 0 spiro atoms. The van der Waals surface area contributed by atoms with Crippen LogP contribution in [0.2, 0.25) is 0 Å². The minimum atomic E-state index is -0.0260. The summed E-state index contributed by atoms with van der Waals surface area (Å²) in [5.41, 5.74) is 2.59. The molecule has 1 aromatic rings. The fourth-order valence-corrected chi connectivity index (χ4v) is 1.91. The maximum Gasteiger partial charge on any atom is 1.00 e. The van der Waals surface area contributed by atoms with Gasteiger partial charge in [0.15, 0.2) is 0 Å². The Morgan fingerprint density at radius 3 is 2.87 bits per heavy atom. The Morgan fingerprint density at radius 1 is 1.47 bits per heavy atom. The Morgan fingerprint density at radius 2 is 2.20 bits per heavy atom. The van der Waals surface area contributed by atoms with Crippen LogP contribution in [-0.2, 0) is 6.42 Å². The fraction of sp³-hybridized carbons (Fsp3) is 0.333. The van der Waals surface area contributed by atoms with E-state index in [0.717, 1.165) is 16.7 Å². The normalized spacial score (nSPS) is 14.5. The predicted molar refractivity (Wildman–Crippen MR) is 53.6 cm³/mol. The molecule has 0 unspecified atom stereocenters. The number of benzene rings is 1. The van der Waals surface area contributed by atoms with Gasteiger partial charge in [-0.05, 0) is 6.42 Å². The van der Waals surface area contributed by atoms with Crippen LogP contribution < -0.4 is 51.4 Å². The third-order valence-electron chi connectivity index (χ3n) is 2.60. The number of hydrogen-bond acceptors (Lipinski definition) is 1. The average molecular weight is 230 g/mol. The van der Waals surface area contributed by atoms with Gasteiger partial charge in [-0.15, -0.1) is 29.3 Å². The number of aryl methyl sites for hydroxylation is 1. The van der Waals surface area contributed by atoms with Crippen LogP contribution in [-0.4, -0.2) is 5.11 Å². The Hall–Kier alpha value is 0.326. The molecular weight excluding hydrogens is 218 g/mol. The topological polar surface area (TPSA) is 20.2 Å². The van der Waals surface area contributed by atoms with E-state index in [1.165, 1.54) is 6.07 Å². The molecule has 15 heavy (non-hydrogen) atoms. The van der Waals surface area contributed by atoms with Crippen LogP contribution in [0.25, 0.3) is 5.57 Å². The summed E-state index contributed by atoms with van der Waals surface area (Å²) >= 11 is 0. The van der Waals surface area contributed by atoms with Crippen LogP contribution in [0, 0.1) is 6.07 Å². The first-order valence-electron chi connectivity index (χ1n) is 4.84. The van der Waals surface area contributed by atoms with E-state index in [-0.39, 0.29) is 63.0 Å². The van der Waals surface area contributed by atoms with E-state index in [4.69, 9.17) is 0 Å². The Kier molecular flexibility index (Phi) is 4.99. The molecule has 0 saturated heterocycles. The van der Waals surface area contributed by atoms with E-state index in [9.17, 15) is 9.50 Å². The predicted octanol–water partition coefficient (Wildman–Crippen LogP) is 0.233. The maximum absolute atomic E-state index is 13.4. The van der Waals surface area contributed by atoms with Crippen molar-refractivity contribution in [3.8, 4) is 5.75 Å². The zero-order valence-electron chi connectivity index (χ0n) is 9.10. The second kappa shape index (κ2) is 5.59. The minimum Gasteiger partial charge on any atom is -0.551 e. The molecule has 2 rings (SSSR count). The Labute approximate surface area is 132 Å². The van der Waals surface area contributed by atoms with Gasteiger partial charge < -0.3 is 5.11 Å². The van der Waals surface area contributed by atoms with Crippen molar-refractivity contribution >= 4 is 5.57 Å². The van der Waals surface area contributed by atoms with Gasteiger partial charge in [-0.3, -0.25) is 0 Å². The van der Waals surface area contributed by atoms with Gasteiger partial charge in [0.05, 0.1) is 5.83 Å². The number of fused-ring (bicyclic) bond motifs is 1. The van der Waals surface area contributed by atoms with Crippen molar-refractivity contribution in [3.05, 3.63) is 35.2 Å². The van der Waals surface area contributed by atoms with E-state index in [0.29, 0.717) is 19.3 Å². The molecule has 0 fully saturated rings. The van der Waals surface area contributed by atoms with Crippen LogP contribution in [0.3, 0.4) is 0 Å². The summed E-state index contributed by atoms with van der Waals surface area (Å²) in [7, 11) is 0. The van der Waals surface area contributed by atoms with Gasteiger partial charge in [0.1, 0.15) is 0 Å². The molecular formula is C12H12FKO. The van der Waals surface area contributed by atoms with Crippen LogP contribution in [0.5, 0.6) is 5.75 Å². The summed E-state index contributed by atoms with van der Waals surface area (Å²) in [5.74, 6) is 0.184. The third kappa shape index (κ3) is 2.71. The van der Waals surface area contributed by atoms with E-state index >= 15 is 0 Å². The van der Waals surface area contributed by atoms with Crippen molar-refractivity contribution in [2.75, 3.05) is 0 Å². The maximum atomic E-state index is 13.4. The first-order valence-corrected chi connectivity index (χ1v) is 4.84. The zero-order chi connectivity index (χ0) is 10.1. The molecule has 0 radical (unpaired) electrons. The molecule has 0 aromatic heterocycles. The van der Waals surface area contributed by atoms with Crippen LogP contribution in [0.4, 0.5) is 4.39 Å². The SMILES string of the molecule is CCC1=C(F)CCc2cc(O)c[c-]c21.[K+]. The van der Waals surface area contributed by atoms with Crippen molar-refractivity contribution in [2.45, 2.75) is 26.2 Å². The van der Waals surface area contributed by atoms with Gasteiger partial charge in [0, 0.05) is 5.75 Å². The molecule has 74 valence electrons. The second-order valence-electron chi connectivity index (χ2n) is 3.50. The molecule has 1 aliphatic carbocycles. The van der Waals surface area contributed by atoms with Crippen LogP contribution in [0.15, 0.2) is 18.0 Å². The molecule has 0 aliphatic heterocycles.